The maximum absolute atomic E-state index is 4.43. The summed E-state index contributed by atoms with van der Waals surface area (Å²) >= 11 is 0. The van der Waals surface area contributed by atoms with Gasteiger partial charge in [-0.05, 0) is 25.5 Å². The molecule has 1 aliphatic rings. The largest absolute Gasteiger partial charge is 0.290 e. The van der Waals surface area contributed by atoms with Crippen molar-refractivity contribution >= 4 is 0 Å². The number of aryl methyl sites for hydroxylation is 1. The lowest BCUT2D eigenvalue weighted by molar-refractivity contribution is 0.137. The zero-order valence-electron chi connectivity index (χ0n) is 11.2. The first kappa shape index (κ1) is 12.3. The quantitative estimate of drug-likeness (QED) is 0.843. The van der Waals surface area contributed by atoms with Crippen LogP contribution in [0.1, 0.15) is 36.6 Å². The average molecular weight is 257 g/mol. The molecular formula is C14H19N5. The fraction of sp³-hybridized carbons (Fsp3) is 0.500. The van der Waals surface area contributed by atoms with Crippen LogP contribution < -0.4 is 0 Å². The minimum atomic E-state index is 0.414. The van der Waals surface area contributed by atoms with Gasteiger partial charge in [-0.3, -0.25) is 9.58 Å². The number of aromatic nitrogens is 4. The van der Waals surface area contributed by atoms with Gasteiger partial charge in [0.15, 0.2) is 0 Å². The van der Waals surface area contributed by atoms with Crippen LogP contribution in [-0.4, -0.2) is 31.2 Å². The van der Waals surface area contributed by atoms with Crippen LogP contribution in [-0.2, 0) is 13.6 Å². The van der Waals surface area contributed by atoms with Crippen molar-refractivity contribution < 1.29 is 0 Å². The number of rotatable bonds is 3. The Balaban J connectivity index is 1.77. The SMILES string of the molecule is Cn1cc(CN2CCCC[C@@H]2c2ccncn2)cn1. The van der Waals surface area contributed by atoms with E-state index in [-0.39, 0.29) is 0 Å². The topological polar surface area (TPSA) is 46.8 Å². The van der Waals surface area contributed by atoms with Gasteiger partial charge in [0.05, 0.1) is 17.9 Å². The van der Waals surface area contributed by atoms with Gasteiger partial charge in [0.1, 0.15) is 6.33 Å². The maximum Gasteiger partial charge on any atom is 0.115 e. The minimum Gasteiger partial charge on any atom is -0.290 e. The molecule has 0 aromatic carbocycles. The molecule has 1 saturated heterocycles. The maximum atomic E-state index is 4.43. The van der Waals surface area contributed by atoms with E-state index in [1.807, 2.05) is 30.2 Å². The molecule has 0 unspecified atom stereocenters. The molecule has 0 saturated carbocycles. The lowest BCUT2D eigenvalue weighted by Gasteiger charge is -2.34. The van der Waals surface area contributed by atoms with Gasteiger partial charge in [0.2, 0.25) is 0 Å². The van der Waals surface area contributed by atoms with Gasteiger partial charge < -0.3 is 0 Å². The Hall–Kier alpha value is -1.75. The van der Waals surface area contributed by atoms with E-state index in [1.54, 1.807) is 6.33 Å². The summed E-state index contributed by atoms with van der Waals surface area (Å²) in [5, 5.41) is 4.24. The molecule has 19 heavy (non-hydrogen) atoms. The number of likely N-dealkylation sites (tertiary alicyclic amines) is 1. The van der Waals surface area contributed by atoms with E-state index < -0.39 is 0 Å². The number of nitrogens with zero attached hydrogens (tertiary/aromatic N) is 5. The van der Waals surface area contributed by atoms with Crippen molar-refractivity contribution in [3.8, 4) is 0 Å². The molecular weight excluding hydrogens is 238 g/mol. The van der Waals surface area contributed by atoms with Crippen molar-refractivity contribution in [2.45, 2.75) is 31.8 Å². The fourth-order valence-electron chi connectivity index (χ4n) is 2.80. The zero-order chi connectivity index (χ0) is 13.1. The number of hydrogen-bond acceptors (Lipinski definition) is 4. The van der Waals surface area contributed by atoms with Gasteiger partial charge >= 0.3 is 0 Å². The fourth-order valence-corrected chi connectivity index (χ4v) is 2.80. The van der Waals surface area contributed by atoms with Crippen LogP contribution >= 0.6 is 0 Å². The minimum absolute atomic E-state index is 0.414. The first-order chi connectivity index (χ1) is 9.33. The molecule has 5 heteroatoms. The van der Waals surface area contributed by atoms with Crippen molar-refractivity contribution in [3.05, 3.63) is 42.2 Å². The highest BCUT2D eigenvalue weighted by molar-refractivity contribution is 5.09. The molecule has 100 valence electrons. The zero-order valence-corrected chi connectivity index (χ0v) is 11.2. The third-order valence-electron chi connectivity index (χ3n) is 3.70. The number of hydrogen-bond donors (Lipinski definition) is 0. The second-order valence-electron chi connectivity index (χ2n) is 5.14. The van der Waals surface area contributed by atoms with Crippen LogP contribution in [0.25, 0.3) is 0 Å². The monoisotopic (exact) mass is 257 g/mol. The Morgan fingerprint density at radius 1 is 1.37 bits per heavy atom. The molecule has 0 radical (unpaired) electrons. The Morgan fingerprint density at radius 3 is 3.05 bits per heavy atom. The predicted molar refractivity (Wildman–Crippen MR) is 72.2 cm³/mol. The van der Waals surface area contributed by atoms with E-state index in [4.69, 9.17) is 0 Å². The van der Waals surface area contributed by atoms with E-state index in [0.29, 0.717) is 6.04 Å². The van der Waals surface area contributed by atoms with Gasteiger partial charge in [-0.2, -0.15) is 5.10 Å². The van der Waals surface area contributed by atoms with Crippen LogP contribution in [0.4, 0.5) is 0 Å². The van der Waals surface area contributed by atoms with Crippen LogP contribution in [0.3, 0.4) is 0 Å². The molecule has 0 bridgehead atoms. The average Bonchev–Trinajstić information content (AvgIpc) is 2.86. The van der Waals surface area contributed by atoms with Gasteiger partial charge in [0, 0.05) is 31.5 Å². The second kappa shape index (κ2) is 5.48. The number of piperidine rings is 1. The van der Waals surface area contributed by atoms with E-state index in [0.717, 1.165) is 18.8 Å². The summed E-state index contributed by atoms with van der Waals surface area (Å²) in [5.41, 5.74) is 2.40. The first-order valence-corrected chi connectivity index (χ1v) is 6.80. The summed E-state index contributed by atoms with van der Waals surface area (Å²) in [6, 6.07) is 2.45. The highest BCUT2D eigenvalue weighted by atomic mass is 15.2. The summed E-state index contributed by atoms with van der Waals surface area (Å²) in [6.45, 7) is 2.08. The van der Waals surface area contributed by atoms with E-state index in [2.05, 4.69) is 26.2 Å². The van der Waals surface area contributed by atoms with E-state index >= 15 is 0 Å². The molecule has 3 rings (SSSR count). The molecule has 2 aromatic rings. The molecule has 0 N–H and O–H groups in total. The van der Waals surface area contributed by atoms with Gasteiger partial charge in [-0.25, -0.2) is 9.97 Å². The Bertz CT molecular complexity index is 522. The smallest absolute Gasteiger partial charge is 0.115 e. The molecule has 1 atom stereocenters. The van der Waals surface area contributed by atoms with Crippen LogP contribution in [0.15, 0.2) is 31.0 Å². The highest BCUT2D eigenvalue weighted by Crippen LogP contribution is 2.30. The standard InChI is InChI=1S/C14H19N5/c1-18-9-12(8-17-18)10-19-7-3-2-4-14(19)13-5-6-15-11-16-13/h5-6,8-9,11,14H,2-4,7,10H2,1H3/t14-/m1/s1. The van der Waals surface area contributed by atoms with Crippen LogP contribution in [0.5, 0.6) is 0 Å². The Labute approximate surface area is 113 Å². The summed E-state index contributed by atoms with van der Waals surface area (Å²) in [4.78, 5) is 10.9. The normalized spacial score (nSPS) is 20.6. The molecule has 3 heterocycles. The molecule has 0 amide bonds. The van der Waals surface area contributed by atoms with Crippen molar-refractivity contribution in [2.75, 3.05) is 6.54 Å². The predicted octanol–water partition coefficient (Wildman–Crippen LogP) is 1.94. The molecule has 0 aliphatic carbocycles. The van der Waals surface area contributed by atoms with Crippen molar-refractivity contribution in [1.82, 2.24) is 24.6 Å². The highest BCUT2D eigenvalue weighted by Gasteiger charge is 2.25. The van der Waals surface area contributed by atoms with Gasteiger partial charge in [-0.1, -0.05) is 6.42 Å². The molecule has 2 aromatic heterocycles. The lowest BCUT2D eigenvalue weighted by atomic mass is 9.98. The van der Waals surface area contributed by atoms with Crippen LogP contribution in [0.2, 0.25) is 0 Å². The summed E-state index contributed by atoms with van der Waals surface area (Å²) in [5.74, 6) is 0. The molecule has 5 nitrogen and oxygen atoms in total. The van der Waals surface area contributed by atoms with Crippen molar-refractivity contribution in [2.24, 2.45) is 7.05 Å². The van der Waals surface area contributed by atoms with Crippen molar-refractivity contribution in [3.63, 3.8) is 0 Å². The summed E-state index contributed by atoms with van der Waals surface area (Å²) in [6.07, 6.45) is 11.2. The summed E-state index contributed by atoms with van der Waals surface area (Å²) in [7, 11) is 1.96. The van der Waals surface area contributed by atoms with E-state index in [1.165, 1.54) is 24.8 Å². The van der Waals surface area contributed by atoms with Crippen molar-refractivity contribution in [1.29, 1.82) is 0 Å². The third kappa shape index (κ3) is 2.81. The Morgan fingerprint density at radius 2 is 2.32 bits per heavy atom. The van der Waals surface area contributed by atoms with Gasteiger partial charge in [-0.15, -0.1) is 0 Å². The van der Waals surface area contributed by atoms with Gasteiger partial charge in [0.25, 0.3) is 0 Å². The Kier molecular flexibility index (Phi) is 3.55. The lowest BCUT2D eigenvalue weighted by Crippen LogP contribution is -2.33. The summed E-state index contributed by atoms with van der Waals surface area (Å²) < 4.78 is 1.86. The molecule has 1 aliphatic heterocycles. The molecule has 0 spiro atoms. The first-order valence-electron chi connectivity index (χ1n) is 6.80. The van der Waals surface area contributed by atoms with E-state index in [9.17, 15) is 0 Å². The van der Waals surface area contributed by atoms with Crippen LogP contribution in [0, 0.1) is 0 Å². The third-order valence-corrected chi connectivity index (χ3v) is 3.70. The second-order valence-corrected chi connectivity index (χ2v) is 5.14. The molecule has 1 fully saturated rings.